The van der Waals surface area contributed by atoms with E-state index in [0.717, 1.165) is 101 Å². The second-order valence-electron chi connectivity index (χ2n) is 31.6. The minimum absolute atomic E-state index is 0.0250. The number of Topliss-reactive ketones (excluding diaryl/α,β-unsaturated/α-hetero) is 3. The number of rotatable bonds is 9. The second-order valence-corrected chi connectivity index (χ2v) is 31.6. The van der Waals surface area contributed by atoms with Crippen molar-refractivity contribution in [2.45, 2.75) is 230 Å². The maximum Gasteiger partial charge on any atom is 0.160 e. The number of benzene rings is 1. The molecule has 2 spiro atoms. The first-order valence-corrected chi connectivity index (χ1v) is 33.5. The summed E-state index contributed by atoms with van der Waals surface area (Å²) in [5.74, 6) is 7.16. The van der Waals surface area contributed by atoms with Gasteiger partial charge in [-0.25, -0.2) is 0 Å². The van der Waals surface area contributed by atoms with E-state index in [-0.39, 0.29) is 41.3 Å². The van der Waals surface area contributed by atoms with E-state index < -0.39 is 67.7 Å². The van der Waals surface area contributed by atoms with E-state index in [2.05, 4.69) is 96.2 Å². The van der Waals surface area contributed by atoms with Gasteiger partial charge in [0, 0.05) is 116 Å². The van der Waals surface area contributed by atoms with Crippen LogP contribution in [0.1, 0.15) is 225 Å². The Bertz CT molecular complexity index is 3590. The lowest BCUT2D eigenvalue weighted by atomic mass is 9.27. The van der Waals surface area contributed by atoms with Crippen LogP contribution < -0.4 is 5.32 Å². The van der Waals surface area contributed by atoms with E-state index >= 15 is 14.4 Å². The van der Waals surface area contributed by atoms with Crippen molar-refractivity contribution in [3.8, 4) is 11.8 Å². The molecule has 6 N–H and O–H groups in total. The van der Waals surface area contributed by atoms with Crippen molar-refractivity contribution in [3.05, 3.63) is 92.6 Å². The standard InChI is InChI=1S/C73H92N4O8/c1-66(2)65(85-66)53(80)35-68(4)44-15-11-12-21-71-23-19-54-67(3,24-28-74-7)64(82)57-46-20-27-75-59(46)41-18-22-72(57,34-41)70(54,6)63(71)62(81)49(56-58(68)52(79)36-69(56,71)5)39-77-38-48(60-61(77)43(31-44)37-76-60)55-47-32-42(40-13-9-8-10-14-40)33-50(45(47)16-17-51(55)78)73(83)25-29-84-30-26-73/h20,27,32-33,37-38,40-41,44,49,53-55,57,62-63,65,74-76,80-81,83H,8-10,13-19,21-26,28-31,34-36,39H2,1-7H3/t41-,44-,49-,53+,54-,55+,57+,62+,63+,65+,67-,68+,69-,70+,71-,72-/m0/s1. The van der Waals surface area contributed by atoms with Crippen LogP contribution in [-0.4, -0.2) is 97.9 Å². The first-order chi connectivity index (χ1) is 40.7. The van der Waals surface area contributed by atoms with Crippen LogP contribution >= 0.6 is 0 Å². The molecule has 12 nitrogen and oxygen atoms in total. The number of allylic oxidation sites excluding steroid dienone is 1. The van der Waals surface area contributed by atoms with Crippen molar-refractivity contribution in [2.75, 3.05) is 26.8 Å². The van der Waals surface area contributed by atoms with Gasteiger partial charge in [0.15, 0.2) is 5.78 Å². The number of H-pyrrole nitrogens is 2. The van der Waals surface area contributed by atoms with Gasteiger partial charge in [-0.15, -0.1) is 11.8 Å². The van der Waals surface area contributed by atoms with E-state index in [9.17, 15) is 15.3 Å². The van der Waals surface area contributed by atoms with E-state index in [1.807, 2.05) is 20.9 Å². The third-order valence-corrected chi connectivity index (χ3v) is 27.7. The average molecular weight is 1150 g/mol. The summed E-state index contributed by atoms with van der Waals surface area (Å²) in [4.78, 5) is 55.5. The molecule has 12 aliphatic rings. The van der Waals surface area contributed by atoms with Gasteiger partial charge in [0.25, 0.3) is 0 Å². The Morgan fingerprint density at radius 1 is 0.882 bits per heavy atom. The SMILES string of the molecule is CNCC[C@]1(C)C(=O)[C@H]2c3cc[nH]c3[C@H]3CC[C@@]2(C3)[C@]2(C)[C@H]1CC[C@]13CC#CC[C@H]4Cc5c[nH]c6c([C@@H]7C(=O)CCc8c7cc(C7CCCCC7)cc8C7(O)CCOCC7)cn(c56)C[C@@H](C5=C(C(=O)C[C@@]51C)[C@]4(C)C[C@@H](O)[C@H]1OC1(C)C)[C@@H](O)[C@@H]32. The number of aliphatic hydroxyl groups is 3. The Kier molecular flexibility index (Phi) is 12.3. The minimum atomic E-state index is -1.05. The molecule has 5 saturated carbocycles. The molecule has 0 unspecified atom stereocenters. The number of nitrogens with one attached hydrogen (secondary N) is 3. The zero-order valence-corrected chi connectivity index (χ0v) is 51.6. The molecule has 6 heterocycles. The van der Waals surface area contributed by atoms with Gasteiger partial charge < -0.3 is 44.6 Å². The number of carbonyl (C=O) groups excluding carboxylic acids is 3. The van der Waals surface area contributed by atoms with Gasteiger partial charge in [0.1, 0.15) is 17.7 Å². The highest BCUT2D eigenvalue weighted by Crippen LogP contribution is 2.84. The van der Waals surface area contributed by atoms with E-state index in [0.29, 0.717) is 108 Å². The second kappa shape index (κ2) is 18.7. The van der Waals surface area contributed by atoms with Crippen LogP contribution in [0.25, 0.3) is 11.0 Å². The summed E-state index contributed by atoms with van der Waals surface area (Å²) in [6.45, 7) is 15.7. The van der Waals surface area contributed by atoms with Crippen molar-refractivity contribution in [3.63, 3.8) is 0 Å². The van der Waals surface area contributed by atoms with Gasteiger partial charge in [0.2, 0.25) is 0 Å². The quantitative estimate of drug-likeness (QED) is 0.0702. The highest BCUT2D eigenvalue weighted by Gasteiger charge is 2.81. The molecule has 16 atom stereocenters. The molecule has 1 aromatic carbocycles. The highest BCUT2D eigenvalue weighted by atomic mass is 16.6. The maximum atomic E-state index is 16.4. The van der Waals surface area contributed by atoms with Crippen molar-refractivity contribution >= 4 is 28.4 Å². The van der Waals surface area contributed by atoms with Crippen molar-refractivity contribution in [1.82, 2.24) is 19.9 Å². The van der Waals surface area contributed by atoms with E-state index in [1.54, 1.807) is 0 Å². The third kappa shape index (κ3) is 7.23. The summed E-state index contributed by atoms with van der Waals surface area (Å²) in [6, 6.07) is 6.90. The maximum absolute atomic E-state index is 16.4. The normalized spacial score (nSPS) is 41.4. The fourth-order valence-corrected chi connectivity index (χ4v) is 23.7. The molecular weight excluding hydrogens is 1060 g/mol. The summed E-state index contributed by atoms with van der Waals surface area (Å²) in [5.41, 5.74) is 7.21. The molecule has 4 aromatic rings. The molecule has 7 bridgehead atoms. The number of epoxide rings is 1. The molecule has 9 aliphatic carbocycles. The van der Waals surface area contributed by atoms with Gasteiger partial charge in [-0.2, -0.15) is 0 Å². The first kappa shape index (κ1) is 55.7. The smallest absolute Gasteiger partial charge is 0.160 e. The van der Waals surface area contributed by atoms with Crippen molar-refractivity contribution < 1.29 is 39.2 Å². The number of aromatic nitrogens is 3. The van der Waals surface area contributed by atoms with Crippen molar-refractivity contribution in [1.29, 1.82) is 0 Å². The number of carbonyl (C=O) groups is 3. The van der Waals surface area contributed by atoms with Gasteiger partial charge >= 0.3 is 0 Å². The average Bonchev–Trinajstić information content (AvgIpc) is 1.64. The summed E-state index contributed by atoms with van der Waals surface area (Å²) in [7, 11) is 1.99. The molecule has 3 aromatic heterocycles. The van der Waals surface area contributed by atoms with Crippen LogP contribution in [0.3, 0.4) is 0 Å². The van der Waals surface area contributed by atoms with Crippen LogP contribution in [0, 0.1) is 68.0 Å². The first-order valence-electron chi connectivity index (χ1n) is 33.5. The van der Waals surface area contributed by atoms with E-state index in [4.69, 9.17) is 9.47 Å². The van der Waals surface area contributed by atoms with Crippen LogP contribution in [0.4, 0.5) is 0 Å². The molecule has 0 radical (unpaired) electrons. The summed E-state index contributed by atoms with van der Waals surface area (Å²) < 4.78 is 14.5. The number of ketones is 3. The van der Waals surface area contributed by atoms with E-state index in [1.165, 1.54) is 30.5 Å². The van der Waals surface area contributed by atoms with Gasteiger partial charge in [-0.05, 0) is 189 Å². The highest BCUT2D eigenvalue weighted by molar-refractivity contribution is 6.02. The molecule has 452 valence electrons. The molecule has 3 aliphatic heterocycles. The van der Waals surface area contributed by atoms with Crippen molar-refractivity contribution in [2.24, 2.45) is 56.2 Å². The van der Waals surface area contributed by atoms with Crippen LogP contribution in [0.5, 0.6) is 0 Å². The zero-order valence-electron chi connectivity index (χ0n) is 51.6. The predicted molar refractivity (Wildman–Crippen MR) is 325 cm³/mol. The Labute approximate surface area is 502 Å². The lowest BCUT2D eigenvalue weighted by molar-refractivity contribution is -0.270. The number of ether oxygens (including phenoxy) is 2. The zero-order chi connectivity index (χ0) is 58.8. The van der Waals surface area contributed by atoms with Crippen LogP contribution in [0.2, 0.25) is 0 Å². The molecule has 12 heteroatoms. The molecule has 2 saturated heterocycles. The molecule has 0 amide bonds. The Morgan fingerprint density at radius 2 is 1.66 bits per heavy atom. The van der Waals surface area contributed by atoms with Gasteiger partial charge in [-0.1, -0.05) is 59.1 Å². The molecule has 16 rings (SSSR count). The lowest BCUT2D eigenvalue weighted by Crippen LogP contribution is -2.74. The predicted octanol–water partition coefficient (Wildman–Crippen LogP) is 11.4. The summed E-state index contributed by atoms with van der Waals surface area (Å²) in [5, 5.41) is 43.8. The fraction of sp³-hybridized carbons (Fsp3) is 0.685. The number of hydrogen-bond donors (Lipinski definition) is 6. The Hall–Kier alpha value is -4.61. The topological polar surface area (TPSA) is 182 Å². The number of aliphatic hydroxyl groups excluding tert-OH is 2. The van der Waals surface area contributed by atoms with Crippen LogP contribution in [0.15, 0.2) is 47.9 Å². The molecular formula is C73H92N4O8. The van der Waals surface area contributed by atoms with Gasteiger partial charge in [-0.3, -0.25) is 14.4 Å². The minimum Gasteiger partial charge on any atom is -0.392 e. The summed E-state index contributed by atoms with van der Waals surface area (Å²) in [6.07, 6.45) is 19.4. The lowest BCUT2D eigenvalue weighted by Gasteiger charge is -2.76. The fourth-order valence-electron chi connectivity index (χ4n) is 23.7. The number of nitrogens with zero attached hydrogens (tertiary/aromatic N) is 1. The van der Waals surface area contributed by atoms with Gasteiger partial charge in [0.05, 0.1) is 46.3 Å². The molecule has 7 fully saturated rings. The summed E-state index contributed by atoms with van der Waals surface area (Å²) >= 11 is 0. The Morgan fingerprint density at radius 3 is 2.42 bits per heavy atom. The monoisotopic (exact) mass is 1150 g/mol. The molecule has 85 heavy (non-hydrogen) atoms. The van der Waals surface area contributed by atoms with Crippen LogP contribution in [-0.2, 0) is 48.8 Å². The third-order valence-electron chi connectivity index (χ3n) is 27.7. The Balaban J connectivity index is 0.933. The number of fused-ring (bicyclic) bond motifs is 8. The number of aromatic amines is 2. The number of hydrogen-bond acceptors (Lipinski definition) is 9. The largest absolute Gasteiger partial charge is 0.392 e.